The molecular weight excluding hydrogens is 330 g/mol. The molecule has 3 aromatic rings. The minimum Gasteiger partial charge on any atom is -0.337 e. The molecule has 1 amide bonds. The van der Waals surface area contributed by atoms with Gasteiger partial charge in [-0.2, -0.15) is 0 Å². The maximum Gasteiger partial charge on any atom is 0.272 e. The molecule has 0 saturated carbocycles. The van der Waals surface area contributed by atoms with Gasteiger partial charge in [0.05, 0.1) is 5.69 Å². The Morgan fingerprint density at radius 2 is 2.00 bits per heavy atom. The standard InChI is InChI=1S/C19H21N5O2/c1-12-4-3-7-20-18(12)19(26)23-8-5-14(6-9-23)15-11-17(25)24-16(21-15)10-13(2)22-24/h3-4,7,10-11,14,22H,5-6,8-9H2,1-2H3. The minimum absolute atomic E-state index is 0.0220. The Labute approximate surface area is 150 Å². The van der Waals surface area contributed by atoms with Crippen molar-refractivity contribution in [2.24, 2.45) is 0 Å². The zero-order valence-corrected chi connectivity index (χ0v) is 14.9. The first-order valence-electron chi connectivity index (χ1n) is 8.83. The van der Waals surface area contributed by atoms with Crippen molar-refractivity contribution >= 4 is 11.6 Å². The third kappa shape index (κ3) is 2.89. The van der Waals surface area contributed by atoms with Gasteiger partial charge in [0.1, 0.15) is 5.69 Å². The number of aromatic nitrogens is 4. The zero-order chi connectivity index (χ0) is 18.3. The topological polar surface area (TPSA) is 83.4 Å². The van der Waals surface area contributed by atoms with Crippen LogP contribution in [-0.2, 0) is 0 Å². The Bertz CT molecular complexity index is 1030. The zero-order valence-electron chi connectivity index (χ0n) is 14.9. The molecule has 0 atom stereocenters. The van der Waals surface area contributed by atoms with E-state index >= 15 is 0 Å². The maximum atomic E-state index is 12.7. The molecule has 0 unspecified atom stereocenters. The lowest BCUT2D eigenvalue weighted by Crippen LogP contribution is -2.39. The molecule has 0 aliphatic carbocycles. The van der Waals surface area contributed by atoms with Gasteiger partial charge in [-0.1, -0.05) is 6.07 Å². The lowest BCUT2D eigenvalue weighted by atomic mass is 9.93. The minimum atomic E-state index is -0.0966. The van der Waals surface area contributed by atoms with E-state index < -0.39 is 0 Å². The molecule has 1 N–H and O–H groups in total. The second-order valence-corrected chi connectivity index (χ2v) is 6.89. The van der Waals surface area contributed by atoms with Gasteiger partial charge in [-0.05, 0) is 38.3 Å². The molecule has 0 aromatic carbocycles. The molecule has 0 bridgehead atoms. The molecule has 26 heavy (non-hydrogen) atoms. The van der Waals surface area contributed by atoms with E-state index in [-0.39, 0.29) is 17.4 Å². The molecule has 7 nitrogen and oxygen atoms in total. The Kier molecular flexibility index (Phi) is 4.06. The monoisotopic (exact) mass is 351 g/mol. The number of amides is 1. The number of hydrogen-bond acceptors (Lipinski definition) is 4. The fraction of sp³-hybridized carbons (Fsp3) is 0.368. The fourth-order valence-corrected chi connectivity index (χ4v) is 3.58. The summed E-state index contributed by atoms with van der Waals surface area (Å²) in [6, 6.07) is 7.21. The van der Waals surface area contributed by atoms with Crippen molar-refractivity contribution in [3.63, 3.8) is 0 Å². The highest BCUT2D eigenvalue weighted by atomic mass is 16.2. The first-order chi connectivity index (χ1) is 12.5. The average molecular weight is 351 g/mol. The second-order valence-electron chi connectivity index (χ2n) is 6.89. The summed E-state index contributed by atoms with van der Waals surface area (Å²) in [5.74, 6) is 0.170. The first-order valence-corrected chi connectivity index (χ1v) is 8.83. The molecule has 4 heterocycles. The Balaban J connectivity index is 1.51. The van der Waals surface area contributed by atoms with Crippen molar-refractivity contribution in [2.75, 3.05) is 13.1 Å². The molecule has 3 aromatic heterocycles. The van der Waals surface area contributed by atoms with E-state index in [2.05, 4.69) is 15.1 Å². The van der Waals surface area contributed by atoms with Crippen LogP contribution in [0.1, 0.15) is 46.2 Å². The number of carbonyl (C=O) groups excluding carboxylic acids is 1. The van der Waals surface area contributed by atoms with E-state index in [9.17, 15) is 9.59 Å². The Hall–Kier alpha value is -2.96. The molecule has 1 aliphatic heterocycles. The van der Waals surface area contributed by atoms with E-state index in [4.69, 9.17) is 0 Å². The highest BCUT2D eigenvalue weighted by Gasteiger charge is 2.27. The third-order valence-corrected chi connectivity index (χ3v) is 5.01. The van der Waals surface area contributed by atoms with Crippen LogP contribution < -0.4 is 5.56 Å². The molecular formula is C19H21N5O2. The summed E-state index contributed by atoms with van der Waals surface area (Å²) < 4.78 is 1.46. The summed E-state index contributed by atoms with van der Waals surface area (Å²) in [6.07, 6.45) is 3.24. The Morgan fingerprint density at radius 1 is 1.23 bits per heavy atom. The smallest absolute Gasteiger partial charge is 0.272 e. The van der Waals surface area contributed by atoms with Gasteiger partial charge in [0.15, 0.2) is 5.65 Å². The molecule has 0 spiro atoms. The van der Waals surface area contributed by atoms with Crippen LogP contribution in [0.5, 0.6) is 0 Å². The molecule has 1 fully saturated rings. The quantitative estimate of drug-likeness (QED) is 0.766. The van der Waals surface area contributed by atoms with E-state index in [1.807, 2.05) is 36.9 Å². The van der Waals surface area contributed by atoms with Gasteiger partial charge in [0.25, 0.3) is 11.5 Å². The van der Waals surface area contributed by atoms with Gasteiger partial charge in [0, 0.05) is 43.0 Å². The number of nitrogens with zero attached hydrogens (tertiary/aromatic N) is 4. The van der Waals surface area contributed by atoms with Gasteiger partial charge >= 0.3 is 0 Å². The van der Waals surface area contributed by atoms with Crippen LogP contribution in [-0.4, -0.2) is 43.5 Å². The number of H-pyrrole nitrogens is 1. The van der Waals surface area contributed by atoms with Crippen LogP contribution in [0.15, 0.2) is 35.3 Å². The molecule has 7 heteroatoms. The van der Waals surface area contributed by atoms with E-state index in [0.717, 1.165) is 29.8 Å². The van der Waals surface area contributed by atoms with Crippen molar-refractivity contribution in [2.45, 2.75) is 32.6 Å². The van der Waals surface area contributed by atoms with Crippen molar-refractivity contribution in [3.05, 3.63) is 63.5 Å². The van der Waals surface area contributed by atoms with Gasteiger partial charge < -0.3 is 4.90 Å². The van der Waals surface area contributed by atoms with Crippen LogP contribution in [0, 0.1) is 13.8 Å². The number of carbonyl (C=O) groups is 1. The highest BCUT2D eigenvalue weighted by Crippen LogP contribution is 2.27. The summed E-state index contributed by atoms with van der Waals surface area (Å²) in [5, 5.41) is 2.98. The van der Waals surface area contributed by atoms with Gasteiger partial charge in [0.2, 0.25) is 0 Å². The average Bonchev–Trinajstić information content (AvgIpc) is 3.03. The largest absolute Gasteiger partial charge is 0.337 e. The fourth-order valence-electron chi connectivity index (χ4n) is 3.58. The lowest BCUT2D eigenvalue weighted by molar-refractivity contribution is 0.0705. The van der Waals surface area contributed by atoms with Crippen molar-refractivity contribution in [1.82, 2.24) is 24.5 Å². The number of fused-ring (bicyclic) bond motifs is 1. The van der Waals surface area contributed by atoms with Crippen molar-refractivity contribution < 1.29 is 4.79 Å². The van der Waals surface area contributed by atoms with Gasteiger partial charge in [-0.25, -0.2) is 9.50 Å². The van der Waals surface area contributed by atoms with E-state index in [1.165, 1.54) is 4.52 Å². The lowest BCUT2D eigenvalue weighted by Gasteiger charge is -2.31. The van der Waals surface area contributed by atoms with E-state index in [1.54, 1.807) is 12.3 Å². The summed E-state index contributed by atoms with van der Waals surface area (Å²) in [6.45, 7) is 5.09. The first kappa shape index (κ1) is 16.5. The number of rotatable bonds is 2. The SMILES string of the molecule is Cc1cc2nc(C3CCN(C(=O)c4ncccc4C)CC3)cc(=O)n2[nH]1. The van der Waals surface area contributed by atoms with Crippen molar-refractivity contribution in [1.29, 1.82) is 0 Å². The Morgan fingerprint density at radius 3 is 2.73 bits per heavy atom. The molecule has 4 rings (SSSR count). The second kappa shape index (κ2) is 6.40. The van der Waals surface area contributed by atoms with Gasteiger partial charge in [-0.15, -0.1) is 0 Å². The number of pyridine rings is 1. The molecule has 134 valence electrons. The summed E-state index contributed by atoms with van der Waals surface area (Å²) >= 11 is 0. The number of likely N-dealkylation sites (tertiary alicyclic amines) is 1. The molecule has 0 radical (unpaired) electrons. The van der Waals surface area contributed by atoms with E-state index in [0.29, 0.717) is 24.4 Å². The van der Waals surface area contributed by atoms with Gasteiger partial charge in [-0.3, -0.25) is 19.7 Å². The number of nitrogens with one attached hydrogen (secondary N) is 1. The number of piperidine rings is 1. The van der Waals surface area contributed by atoms with Crippen LogP contribution in [0.2, 0.25) is 0 Å². The maximum absolute atomic E-state index is 12.7. The molecule has 1 saturated heterocycles. The third-order valence-electron chi connectivity index (χ3n) is 5.01. The number of aryl methyl sites for hydroxylation is 2. The molecule has 1 aliphatic rings. The number of aromatic amines is 1. The van der Waals surface area contributed by atoms with Crippen LogP contribution in [0.4, 0.5) is 0 Å². The van der Waals surface area contributed by atoms with Crippen LogP contribution in [0.25, 0.3) is 5.65 Å². The normalized spacial score (nSPS) is 15.5. The summed E-state index contributed by atoms with van der Waals surface area (Å²) in [7, 11) is 0. The van der Waals surface area contributed by atoms with Crippen LogP contribution >= 0.6 is 0 Å². The highest BCUT2D eigenvalue weighted by molar-refractivity contribution is 5.93. The summed E-state index contributed by atoms with van der Waals surface area (Å²) in [4.78, 5) is 35.7. The van der Waals surface area contributed by atoms with Crippen molar-refractivity contribution in [3.8, 4) is 0 Å². The predicted octanol–water partition coefficient (Wildman–Crippen LogP) is 2.05. The number of hydrogen-bond donors (Lipinski definition) is 1. The summed E-state index contributed by atoms with van der Waals surface area (Å²) in [5.41, 5.74) is 3.68. The van der Waals surface area contributed by atoms with Crippen LogP contribution in [0.3, 0.4) is 0 Å². The predicted molar refractivity (Wildman–Crippen MR) is 97.4 cm³/mol.